The second-order valence-electron chi connectivity index (χ2n) is 22.3. The highest BCUT2D eigenvalue weighted by Gasteiger charge is 2.51. The fraction of sp³-hybridized carbons (Fsp3) is 0.983. The summed E-state index contributed by atoms with van der Waals surface area (Å²) >= 11 is 0. The van der Waals surface area contributed by atoms with Crippen molar-refractivity contribution in [2.45, 2.75) is 358 Å². The van der Waals surface area contributed by atoms with Crippen molar-refractivity contribution in [3.05, 3.63) is 0 Å². The first-order valence-corrected chi connectivity index (χ1v) is 32.9. The van der Waals surface area contributed by atoms with Crippen LogP contribution in [-0.4, -0.2) is 98.9 Å². The van der Waals surface area contributed by atoms with E-state index in [0.29, 0.717) is 13.0 Å². The van der Waals surface area contributed by atoms with Crippen LogP contribution in [-0.2, 0) is 27.9 Å². The van der Waals surface area contributed by atoms with Gasteiger partial charge in [0.1, 0.15) is 42.7 Å². The van der Waals surface area contributed by atoms with Gasteiger partial charge in [-0.1, -0.05) is 296 Å². The lowest BCUT2D eigenvalue weighted by molar-refractivity contribution is -0.220. The van der Waals surface area contributed by atoms with Crippen molar-refractivity contribution in [2.75, 3.05) is 19.8 Å². The molecule has 0 saturated heterocycles. The molecule has 0 spiro atoms. The van der Waals surface area contributed by atoms with Gasteiger partial charge in [-0.25, -0.2) is 4.57 Å². The summed E-state index contributed by atoms with van der Waals surface area (Å²) in [5.74, 6) is -0.466. The minimum absolute atomic E-state index is 0.0673. The van der Waals surface area contributed by atoms with Crippen molar-refractivity contribution in [3.63, 3.8) is 0 Å². The molecule has 12 nitrogen and oxygen atoms in total. The summed E-state index contributed by atoms with van der Waals surface area (Å²) in [6.07, 6.45) is 47.8. The molecule has 0 radical (unpaired) electrons. The molecule has 1 fully saturated rings. The highest BCUT2D eigenvalue weighted by atomic mass is 31.2. The van der Waals surface area contributed by atoms with Gasteiger partial charge < -0.3 is 39.9 Å². The van der Waals surface area contributed by atoms with Gasteiger partial charge in [0.05, 0.1) is 13.2 Å². The zero-order valence-corrected chi connectivity index (χ0v) is 48.4. The van der Waals surface area contributed by atoms with Crippen molar-refractivity contribution < 1.29 is 58.3 Å². The third kappa shape index (κ3) is 42.0. The maximum atomic E-state index is 12.9. The fourth-order valence-electron chi connectivity index (χ4n) is 10.3. The molecule has 1 aliphatic carbocycles. The zero-order chi connectivity index (χ0) is 53.3. The Morgan fingerprint density at radius 3 is 0.945 bits per heavy atom. The van der Waals surface area contributed by atoms with Gasteiger partial charge in [0, 0.05) is 13.0 Å². The molecule has 0 aromatic carbocycles. The van der Waals surface area contributed by atoms with Crippen LogP contribution in [0.3, 0.4) is 0 Å². The summed E-state index contributed by atoms with van der Waals surface area (Å²) < 4.78 is 34.4. The molecule has 1 rings (SSSR count). The normalized spacial score (nSPS) is 20.4. The molecule has 13 heteroatoms. The second kappa shape index (κ2) is 50.8. The van der Waals surface area contributed by atoms with Crippen LogP contribution in [0.15, 0.2) is 0 Å². The van der Waals surface area contributed by atoms with Crippen LogP contribution in [0, 0.1) is 0 Å². The van der Waals surface area contributed by atoms with Crippen LogP contribution in [0.4, 0.5) is 0 Å². The number of aliphatic hydroxyl groups is 5. The Bertz CT molecular complexity index is 1210. The standard InChI is InChI=1S/C60H119O12P/c1-3-5-7-9-11-13-15-17-19-20-21-22-23-24-25-26-27-28-29-30-31-32-33-34-35-36-37-39-41-43-45-47-49-54(61)71-53(51-69-50-48-46-44-42-40-38-18-16-14-12-10-8-6-4-2)52-70-73(67,68)72-60-58(65)56(63)55(62)57(64)59(60)66/h53,55-60,62-66H,3-52H2,1-2H3,(H,67,68)/t53-,55?,56-,57?,58?,59?,60?/m1/s1. The molecule has 73 heavy (non-hydrogen) atoms. The van der Waals surface area contributed by atoms with Gasteiger partial charge in [0.25, 0.3) is 0 Å². The van der Waals surface area contributed by atoms with Crippen molar-refractivity contribution in [1.29, 1.82) is 0 Å². The van der Waals surface area contributed by atoms with E-state index in [1.807, 2.05) is 0 Å². The lowest BCUT2D eigenvalue weighted by Crippen LogP contribution is -2.64. The summed E-state index contributed by atoms with van der Waals surface area (Å²) in [7, 11) is -5.02. The molecule has 0 bridgehead atoms. The lowest BCUT2D eigenvalue weighted by Gasteiger charge is -2.41. The molecule has 0 aromatic rings. The van der Waals surface area contributed by atoms with E-state index in [1.54, 1.807) is 0 Å². The van der Waals surface area contributed by atoms with Crippen LogP contribution >= 0.6 is 7.82 Å². The van der Waals surface area contributed by atoms with Crippen molar-refractivity contribution >= 4 is 13.8 Å². The summed E-state index contributed by atoms with van der Waals surface area (Å²) in [6.45, 7) is 4.34. The maximum absolute atomic E-state index is 12.9. The topological polar surface area (TPSA) is 192 Å². The summed E-state index contributed by atoms with van der Waals surface area (Å²) in [4.78, 5) is 23.3. The lowest BCUT2D eigenvalue weighted by atomic mass is 9.85. The highest BCUT2D eigenvalue weighted by molar-refractivity contribution is 7.47. The minimum atomic E-state index is -5.02. The molecule has 0 amide bonds. The Labute approximate surface area is 448 Å². The number of rotatable bonds is 56. The van der Waals surface area contributed by atoms with Gasteiger partial charge in [0.2, 0.25) is 0 Å². The number of ether oxygens (including phenoxy) is 2. The van der Waals surface area contributed by atoms with Crippen molar-refractivity contribution in [2.24, 2.45) is 0 Å². The maximum Gasteiger partial charge on any atom is 0.472 e. The van der Waals surface area contributed by atoms with Crippen LogP contribution < -0.4 is 0 Å². The predicted molar refractivity (Wildman–Crippen MR) is 300 cm³/mol. The average molecular weight is 1060 g/mol. The molecule has 0 aromatic heterocycles. The first-order valence-electron chi connectivity index (χ1n) is 31.4. The van der Waals surface area contributed by atoms with Gasteiger partial charge in [-0.15, -0.1) is 0 Å². The molecule has 6 N–H and O–H groups in total. The Kier molecular flexibility index (Phi) is 49.0. The van der Waals surface area contributed by atoms with E-state index in [0.717, 1.165) is 38.5 Å². The van der Waals surface area contributed by atoms with E-state index in [2.05, 4.69) is 13.8 Å². The molecule has 436 valence electrons. The molecule has 6 unspecified atom stereocenters. The number of hydrogen-bond acceptors (Lipinski definition) is 11. The zero-order valence-electron chi connectivity index (χ0n) is 47.5. The fourth-order valence-corrected chi connectivity index (χ4v) is 11.3. The molecular formula is C60H119O12P. The van der Waals surface area contributed by atoms with E-state index < -0.39 is 63.1 Å². The van der Waals surface area contributed by atoms with E-state index in [9.17, 15) is 39.8 Å². The number of hydrogen-bond donors (Lipinski definition) is 6. The number of phosphoric ester groups is 1. The second-order valence-corrected chi connectivity index (χ2v) is 23.7. The number of phosphoric acid groups is 1. The Balaban J connectivity index is 2.14. The first kappa shape index (κ1) is 70.4. The monoisotopic (exact) mass is 1060 g/mol. The van der Waals surface area contributed by atoms with Crippen LogP contribution in [0.2, 0.25) is 0 Å². The van der Waals surface area contributed by atoms with Gasteiger partial charge >= 0.3 is 13.8 Å². The Hall–Kier alpha value is -0.660. The third-order valence-electron chi connectivity index (χ3n) is 15.2. The molecule has 1 aliphatic rings. The SMILES string of the molecule is CCCCCCCCCCCCCCCCCCCCCCCCCCCCCCCCCCC(=O)O[C@H](COCCCCCCCCCCCCCCCC)COP(=O)(O)OC1C(O)C(O)C(O)[C@@H](O)C1O. The van der Waals surface area contributed by atoms with Crippen LogP contribution in [0.25, 0.3) is 0 Å². The summed E-state index contributed by atoms with van der Waals surface area (Å²) in [5.41, 5.74) is 0. The van der Waals surface area contributed by atoms with Crippen LogP contribution in [0.1, 0.15) is 316 Å². The quantitative estimate of drug-likeness (QED) is 0.0192. The molecule has 1 saturated carbocycles. The summed E-state index contributed by atoms with van der Waals surface area (Å²) in [5, 5.41) is 50.4. The Morgan fingerprint density at radius 2 is 0.644 bits per heavy atom. The van der Waals surface area contributed by atoms with Crippen molar-refractivity contribution in [1.82, 2.24) is 0 Å². The summed E-state index contributed by atoms with van der Waals surface area (Å²) in [6, 6.07) is 0. The largest absolute Gasteiger partial charge is 0.472 e. The van der Waals surface area contributed by atoms with Gasteiger partial charge in [-0.05, 0) is 12.8 Å². The molecule has 0 aliphatic heterocycles. The highest BCUT2D eigenvalue weighted by Crippen LogP contribution is 2.47. The van der Waals surface area contributed by atoms with Crippen LogP contribution in [0.5, 0.6) is 0 Å². The Morgan fingerprint density at radius 1 is 0.384 bits per heavy atom. The first-order chi connectivity index (χ1) is 35.5. The predicted octanol–water partition coefficient (Wildman–Crippen LogP) is 15.6. The molecular weight excluding hydrogens is 944 g/mol. The number of carbonyl (C=O) groups is 1. The van der Waals surface area contributed by atoms with Gasteiger partial charge in [0.15, 0.2) is 0 Å². The van der Waals surface area contributed by atoms with Crippen molar-refractivity contribution in [3.8, 4) is 0 Å². The van der Waals surface area contributed by atoms with E-state index in [4.69, 9.17) is 18.5 Å². The minimum Gasteiger partial charge on any atom is -0.457 e. The van der Waals surface area contributed by atoms with E-state index in [-0.39, 0.29) is 13.0 Å². The number of esters is 1. The number of aliphatic hydroxyl groups excluding tert-OH is 5. The smallest absolute Gasteiger partial charge is 0.457 e. The van der Waals surface area contributed by atoms with Gasteiger partial charge in [-0.2, -0.15) is 0 Å². The van der Waals surface area contributed by atoms with Gasteiger partial charge in [-0.3, -0.25) is 13.8 Å². The van der Waals surface area contributed by atoms with E-state index in [1.165, 1.54) is 250 Å². The third-order valence-corrected chi connectivity index (χ3v) is 16.2. The van der Waals surface area contributed by atoms with E-state index >= 15 is 0 Å². The number of carbonyl (C=O) groups excluding carboxylic acids is 1. The average Bonchev–Trinajstić information content (AvgIpc) is 3.38. The number of unbranched alkanes of at least 4 members (excludes halogenated alkanes) is 44. The molecule has 0 heterocycles. The molecule has 8 atom stereocenters.